The average Bonchev–Trinajstić information content (AvgIpc) is 3.22. The molecule has 1 aliphatic rings. The van der Waals surface area contributed by atoms with Gasteiger partial charge in [-0.2, -0.15) is 0 Å². The van der Waals surface area contributed by atoms with E-state index in [1.165, 1.54) is 7.11 Å². The lowest BCUT2D eigenvalue weighted by Gasteiger charge is -2.32. The summed E-state index contributed by atoms with van der Waals surface area (Å²) in [6, 6.07) is 12.8. The number of imidazole rings is 1. The highest BCUT2D eigenvalue weighted by molar-refractivity contribution is 6.31. The van der Waals surface area contributed by atoms with Gasteiger partial charge in [-0.15, -0.1) is 12.4 Å². The summed E-state index contributed by atoms with van der Waals surface area (Å²) in [7, 11) is 3.04. The Kier molecular flexibility index (Phi) is 7.07. The number of nitrogens with two attached hydrogens (primary N) is 1. The molecular formula is C25H27Cl2N5O3. The highest BCUT2D eigenvalue weighted by Gasteiger charge is 2.26. The Morgan fingerprint density at radius 3 is 2.74 bits per heavy atom. The number of benzene rings is 2. The number of carbonyl (C=O) groups excluding carboxylic acids is 1. The zero-order chi connectivity index (χ0) is 24.0. The number of aryl methyl sites for hydroxylation is 1. The van der Waals surface area contributed by atoms with Crippen molar-refractivity contribution in [1.29, 1.82) is 0 Å². The number of fused-ring (bicyclic) bond motifs is 3. The molecule has 3 heterocycles. The third kappa shape index (κ3) is 4.37. The van der Waals surface area contributed by atoms with Crippen LogP contribution in [0.5, 0.6) is 0 Å². The number of hydrogen-bond donors (Lipinski definition) is 1. The van der Waals surface area contributed by atoms with E-state index in [9.17, 15) is 9.59 Å². The molecule has 0 aliphatic carbocycles. The first-order valence-electron chi connectivity index (χ1n) is 11.2. The van der Waals surface area contributed by atoms with Gasteiger partial charge in [0.15, 0.2) is 0 Å². The normalized spacial score (nSPS) is 15.9. The number of pyridine rings is 1. The van der Waals surface area contributed by atoms with Gasteiger partial charge in [0, 0.05) is 36.6 Å². The van der Waals surface area contributed by atoms with Gasteiger partial charge in [0.1, 0.15) is 11.0 Å². The van der Waals surface area contributed by atoms with Gasteiger partial charge in [0.2, 0.25) is 5.95 Å². The van der Waals surface area contributed by atoms with Crippen LogP contribution in [0.25, 0.3) is 21.9 Å². The van der Waals surface area contributed by atoms with Crippen LogP contribution in [-0.4, -0.2) is 46.3 Å². The van der Waals surface area contributed by atoms with Crippen LogP contribution in [0.1, 0.15) is 28.8 Å². The Hall–Kier alpha value is -3.07. The fourth-order valence-corrected chi connectivity index (χ4v) is 4.94. The first kappa shape index (κ1) is 25.0. The molecule has 0 saturated carbocycles. The predicted octanol–water partition coefficient (Wildman–Crippen LogP) is 3.73. The number of aromatic nitrogens is 3. The van der Waals surface area contributed by atoms with E-state index < -0.39 is 5.97 Å². The Bertz CT molecular complexity index is 1480. The quantitative estimate of drug-likeness (QED) is 0.416. The molecule has 8 nitrogen and oxygen atoms in total. The minimum Gasteiger partial charge on any atom is -0.465 e. The molecule has 5 rings (SSSR count). The lowest BCUT2D eigenvalue weighted by Crippen LogP contribution is -2.44. The molecule has 0 bridgehead atoms. The van der Waals surface area contributed by atoms with Gasteiger partial charge in [-0.25, -0.2) is 9.78 Å². The third-order valence-electron chi connectivity index (χ3n) is 6.52. The fourth-order valence-electron chi connectivity index (χ4n) is 4.75. The number of piperidine rings is 1. The molecule has 1 fully saturated rings. The minimum atomic E-state index is -0.457. The molecule has 184 valence electrons. The summed E-state index contributed by atoms with van der Waals surface area (Å²) in [6.07, 6.45) is 1.92. The monoisotopic (exact) mass is 515 g/mol. The molecular weight excluding hydrogens is 489 g/mol. The standard InChI is InChI=1S/C25H26ClN5O3.ClH/c1-29-20-12-15(24(33)34-2)9-10-18(20)21-22(23(29)32)31(13-16-6-3-4-8-19(16)26)25(28-21)30-11-5-7-17(27)14-30;/h3-4,6,8-10,12,17H,5,7,11,13-14,27H2,1-2H3;1H/t17-;/m1./s1. The number of anilines is 1. The minimum absolute atomic E-state index is 0. The summed E-state index contributed by atoms with van der Waals surface area (Å²) >= 11 is 6.49. The first-order chi connectivity index (χ1) is 16.4. The summed E-state index contributed by atoms with van der Waals surface area (Å²) in [6.45, 7) is 1.87. The van der Waals surface area contributed by atoms with Crippen molar-refractivity contribution in [3.8, 4) is 0 Å². The molecule has 2 N–H and O–H groups in total. The van der Waals surface area contributed by atoms with Crippen molar-refractivity contribution in [2.75, 3.05) is 25.1 Å². The van der Waals surface area contributed by atoms with Crippen molar-refractivity contribution in [3.63, 3.8) is 0 Å². The number of halogens is 2. The number of carbonyl (C=O) groups is 1. The third-order valence-corrected chi connectivity index (χ3v) is 6.89. The van der Waals surface area contributed by atoms with E-state index in [4.69, 9.17) is 27.1 Å². The van der Waals surface area contributed by atoms with Crippen molar-refractivity contribution in [2.24, 2.45) is 12.8 Å². The van der Waals surface area contributed by atoms with Crippen molar-refractivity contribution in [3.05, 3.63) is 69.0 Å². The summed E-state index contributed by atoms with van der Waals surface area (Å²) in [5.41, 5.74) is 9.06. The molecule has 10 heteroatoms. The van der Waals surface area contributed by atoms with Crippen molar-refractivity contribution >= 4 is 57.9 Å². The van der Waals surface area contributed by atoms with E-state index in [0.29, 0.717) is 46.2 Å². The second kappa shape index (κ2) is 9.89. The van der Waals surface area contributed by atoms with E-state index in [1.807, 2.05) is 34.9 Å². The molecule has 1 atom stereocenters. The Morgan fingerprint density at radius 2 is 2.03 bits per heavy atom. The van der Waals surface area contributed by atoms with Crippen LogP contribution < -0.4 is 16.2 Å². The molecule has 0 radical (unpaired) electrons. The van der Waals surface area contributed by atoms with Crippen LogP contribution in [-0.2, 0) is 18.3 Å². The maximum absolute atomic E-state index is 13.7. The Labute approximate surface area is 213 Å². The molecule has 4 aromatic rings. The van der Waals surface area contributed by atoms with Crippen LogP contribution in [0.15, 0.2) is 47.3 Å². The number of rotatable bonds is 4. The van der Waals surface area contributed by atoms with Crippen LogP contribution >= 0.6 is 24.0 Å². The predicted molar refractivity (Wildman–Crippen MR) is 141 cm³/mol. The fraction of sp³-hybridized carbons (Fsp3) is 0.320. The summed E-state index contributed by atoms with van der Waals surface area (Å²) in [5.74, 6) is 0.244. The van der Waals surface area contributed by atoms with E-state index in [-0.39, 0.29) is 24.0 Å². The Balaban J connectivity index is 0.00000289. The topological polar surface area (TPSA) is 95.4 Å². The van der Waals surface area contributed by atoms with Crippen LogP contribution in [0.4, 0.5) is 5.95 Å². The first-order valence-corrected chi connectivity index (χ1v) is 11.6. The smallest absolute Gasteiger partial charge is 0.337 e. The van der Waals surface area contributed by atoms with Crippen LogP contribution in [0.2, 0.25) is 5.02 Å². The molecule has 2 aromatic carbocycles. The van der Waals surface area contributed by atoms with Gasteiger partial charge in [0.05, 0.1) is 24.7 Å². The highest BCUT2D eigenvalue weighted by Crippen LogP contribution is 2.30. The molecule has 2 aromatic heterocycles. The van der Waals surface area contributed by atoms with Crippen molar-refractivity contribution < 1.29 is 9.53 Å². The van der Waals surface area contributed by atoms with Crippen molar-refractivity contribution in [1.82, 2.24) is 14.1 Å². The zero-order valence-corrected chi connectivity index (χ0v) is 21.1. The Morgan fingerprint density at radius 1 is 1.26 bits per heavy atom. The van der Waals surface area contributed by atoms with Gasteiger partial charge in [-0.05, 0) is 42.7 Å². The largest absolute Gasteiger partial charge is 0.465 e. The van der Waals surface area contributed by atoms with E-state index in [0.717, 1.165) is 30.3 Å². The van der Waals surface area contributed by atoms with Gasteiger partial charge in [-0.1, -0.05) is 29.8 Å². The zero-order valence-electron chi connectivity index (χ0n) is 19.5. The van der Waals surface area contributed by atoms with E-state index in [1.54, 1.807) is 23.7 Å². The van der Waals surface area contributed by atoms with E-state index in [2.05, 4.69) is 4.90 Å². The number of ether oxygens (including phenoxy) is 1. The number of nitrogens with zero attached hydrogens (tertiary/aromatic N) is 4. The average molecular weight is 516 g/mol. The molecule has 1 aliphatic heterocycles. The van der Waals surface area contributed by atoms with E-state index >= 15 is 0 Å². The second-order valence-electron chi connectivity index (χ2n) is 8.72. The number of esters is 1. The van der Waals surface area contributed by atoms with Gasteiger partial charge < -0.3 is 24.5 Å². The molecule has 0 amide bonds. The highest BCUT2D eigenvalue weighted by atomic mass is 35.5. The maximum atomic E-state index is 13.7. The molecule has 0 unspecified atom stereocenters. The van der Waals surface area contributed by atoms with Crippen LogP contribution in [0.3, 0.4) is 0 Å². The summed E-state index contributed by atoms with van der Waals surface area (Å²) in [5, 5.41) is 1.41. The maximum Gasteiger partial charge on any atom is 0.337 e. The van der Waals surface area contributed by atoms with Crippen LogP contribution in [0, 0.1) is 0 Å². The number of methoxy groups -OCH3 is 1. The van der Waals surface area contributed by atoms with Gasteiger partial charge in [0.25, 0.3) is 5.56 Å². The lowest BCUT2D eigenvalue weighted by molar-refractivity contribution is 0.0601. The summed E-state index contributed by atoms with van der Waals surface area (Å²) < 4.78 is 8.36. The molecule has 1 saturated heterocycles. The van der Waals surface area contributed by atoms with Gasteiger partial charge >= 0.3 is 5.97 Å². The van der Waals surface area contributed by atoms with Gasteiger partial charge in [-0.3, -0.25) is 4.79 Å². The second-order valence-corrected chi connectivity index (χ2v) is 9.13. The SMILES string of the molecule is COC(=O)c1ccc2c3nc(N4CCC[C@@H](N)C4)n(Cc4ccccc4Cl)c3c(=O)n(C)c2c1.Cl. The summed E-state index contributed by atoms with van der Waals surface area (Å²) in [4.78, 5) is 32.9. The molecule has 35 heavy (non-hydrogen) atoms. The van der Waals surface area contributed by atoms with Crippen molar-refractivity contribution in [2.45, 2.75) is 25.4 Å². The lowest BCUT2D eigenvalue weighted by atomic mass is 10.1. The number of hydrogen-bond acceptors (Lipinski definition) is 6. The molecule has 0 spiro atoms.